The Bertz CT molecular complexity index is 1020. The second kappa shape index (κ2) is 9.82. The van der Waals surface area contributed by atoms with E-state index in [1.165, 1.54) is 0 Å². The molecule has 29 heavy (non-hydrogen) atoms. The fraction of sp³-hybridized carbons (Fsp3) is 0.0455. The van der Waals surface area contributed by atoms with Gasteiger partial charge in [0.1, 0.15) is 0 Å². The van der Waals surface area contributed by atoms with Crippen LogP contribution in [0.4, 0.5) is 5.69 Å². The molecule has 7 heteroatoms. The molecule has 146 valence electrons. The van der Waals surface area contributed by atoms with Gasteiger partial charge in [-0.1, -0.05) is 54.1 Å². The number of anilines is 1. The predicted molar refractivity (Wildman–Crippen MR) is 119 cm³/mol. The van der Waals surface area contributed by atoms with Crippen molar-refractivity contribution in [3.8, 4) is 0 Å². The number of amides is 2. The lowest BCUT2D eigenvalue weighted by Crippen LogP contribution is -2.35. The molecule has 0 heterocycles. The third-order valence-electron chi connectivity index (χ3n) is 4.05. The molecule has 0 spiro atoms. The molecule has 0 saturated heterocycles. The molecule has 0 aliphatic carbocycles. The molecule has 0 bridgehead atoms. The Morgan fingerprint density at radius 1 is 0.828 bits per heavy atom. The normalized spacial score (nSPS) is 10.1. The number of rotatable bonds is 5. The highest BCUT2D eigenvalue weighted by Crippen LogP contribution is 2.15. The molecule has 5 nitrogen and oxygen atoms in total. The van der Waals surface area contributed by atoms with Gasteiger partial charge in [0.25, 0.3) is 11.8 Å². The summed E-state index contributed by atoms with van der Waals surface area (Å²) in [5.41, 5.74) is 2.34. The van der Waals surface area contributed by atoms with Crippen LogP contribution in [-0.2, 0) is 6.54 Å². The molecule has 3 aromatic carbocycles. The van der Waals surface area contributed by atoms with Gasteiger partial charge in [-0.2, -0.15) is 0 Å². The zero-order valence-corrected chi connectivity index (χ0v) is 16.9. The Morgan fingerprint density at radius 2 is 1.48 bits per heavy atom. The van der Waals surface area contributed by atoms with Gasteiger partial charge in [-0.25, -0.2) is 0 Å². The molecule has 0 aliphatic rings. The number of benzene rings is 3. The minimum Gasteiger partial charge on any atom is -0.348 e. The summed E-state index contributed by atoms with van der Waals surface area (Å²) in [5, 5.41) is 9.02. The first-order valence-electron chi connectivity index (χ1n) is 8.82. The van der Waals surface area contributed by atoms with Gasteiger partial charge < -0.3 is 10.6 Å². The topological polar surface area (TPSA) is 70.2 Å². The summed E-state index contributed by atoms with van der Waals surface area (Å²) < 4.78 is 0. The van der Waals surface area contributed by atoms with Crippen molar-refractivity contribution in [3.05, 3.63) is 101 Å². The van der Waals surface area contributed by atoms with Crippen molar-refractivity contribution in [2.45, 2.75) is 6.54 Å². The minimum absolute atomic E-state index is 0.0910. The van der Waals surface area contributed by atoms with Gasteiger partial charge in [-0.15, -0.1) is 0 Å². The van der Waals surface area contributed by atoms with Gasteiger partial charge in [-0.3, -0.25) is 14.9 Å². The first-order chi connectivity index (χ1) is 14.0. The molecule has 0 radical (unpaired) electrons. The Hall–Kier alpha value is -3.22. The molecule has 3 N–H and O–H groups in total. The van der Waals surface area contributed by atoms with E-state index < -0.39 is 0 Å². The van der Waals surface area contributed by atoms with E-state index in [0.29, 0.717) is 28.4 Å². The summed E-state index contributed by atoms with van der Waals surface area (Å²) in [6.45, 7) is 0.408. The number of halogens is 1. The fourth-order valence-electron chi connectivity index (χ4n) is 2.59. The molecule has 0 unspecified atom stereocenters. The van der Waals surface area contributed by atoms with Gasteiger partial charge in [0.05, 0.1) is 11.3 Å². The lowest BCUT2D eigenvalue weighted by Gasteiger charge is -2.13. The number of carbonyl (C=O) groups is 2. The van der Waals surface area contributed by atoms with E-state index in [-0.39, 0.29) is 16.9 Å². The van der Waals surface area contributed by atoms with Crippen LogP contribution < -0.4 is 16.0 Å². The lowest BCUT2D eigenvalue weighted by atomic mass is 10.1. The predicted octanol–water partition coefficient (Wildman–Crippen LogP) is 4.40. The van der Waals surface area contributed by atoms with Gasteiger partial charge in [0, 0.05) is 17.1 Å². The van der Waals surface area contributed by atoms with E-state index in [0.717, 1.165) is 5.56 Å². The molecule has 0 saturated carbocycles. The van der Waals surface area contributed by atoms with Crippen LogP contribution in [-0.4, -0.2) is 16.9 Å². The maximum atomic E-state index is 12.6. The summed E-state index contributed by atoms with van der Waals surface area (Å²) >= 11 is 11.1. The van der Waals surface area contributed by atoms with Gasteiger partial charge in [0.2, 0.25) is 0 Å². The van der Waals surface area contributed by atoms with Crippen LogP contribution >= 0.6 is 23.8 Å². The average molecular weight is 424 g/mol. The highest BCUT2D eigenvalue weighted by atomic mass is 35.5. The number of thiocarbonyl (C=S) groups is 1. The largest absolute Gasteiger partial charge is 0.348 e. The second-order valence-corrected chi connectivity index (χ2v) is 6.97. The first-order valence-corrected chi connectivity index (χ1v) is 9.60. The molecule has 0 aromatic heterocycles. The van der Waals surface area contributed by atoms with Crippen LogP contribution in [0.15, 0.2) is 78.9 Å². The third kappa shape index (κ3) is 5.88. The van der Waals surface area contributed by atoms with Gasteiger partial charge in [0.15, 0.2) is 5.11 Å². The van der Waals surface area contributed by atoms with Crippen LogP contribution in [0.25, 0.3) is 0 Å². The van der Waals surface area contributed by atoms with Gasteiger partial charge >= 0.3 is 0 Å². The van der Waals surface area contributed by atoms with Crippen molar-refractivity contribution < 1.29 is 9.59 Å². The number of hydrogen-bond donors (Lipinski definition) is 3. The monoisotopic (exact) mass is 423 g/mol. The molecule has 0 atom stereocenters. The van der Waals surface area contributed by atoms with Crippen molar-refractivity contribution in [1.82, 2.24) is 10.6 Å². The maximum absolute atomic E-state index is 12.6. The zero-order valence-electron chi connectivity index (χ0n) is 15.3. The van der Waals surface area contributed by atoms with Crippen molar-refractivity contribution in [2.75, 3.05) is 5.32 Å². The van der Waals surface area contributed by atoms with E-state index in [2.05, 4.69) is 16.0 Å². The Labute approximate surface area is 179 Å². The molecule has 3 rings (SSSR count). The standard InChI is InChI=1S/C22H18ClN3O2S/c23-17-12-10-16(11-13-17)20(27)26-22(29)25-19-9-5-4-8-18(19)21(28)24-14-15-6-2-1-3-7-15/h1-13H,14H2,(H,24,28)(H2,25,26,27,29). The van der Waals surface area contributed by atoms with E-state index in [1.54, 1.807) is 48.5 Å². The average Bonchev–Trinajstić information content (AvgIpc) is 2.73. The van der Waals surface area contributed by atoms with Crippen LogP contribution in [0, 0.1) is 0 Å². The Morgan fingerprint density at radius 3 is 2.21 bits per heavy atom. The van der Waals surface area contributed by atoms with Crippen molar-refractivity contribution >= 4 is 46.4 Å². The summed E-state index contributed by atoms with van der Waals surface area (Å²) in [6, 6.07) is 23.0. The fourth-order valence-corrected chi connectivity index (χ4v) is 2.92. The zero-order chi connectivity index (χ0) is 20.6. The maximum Gasteiger partial charge on any atom is 0.257 e. The molecule has 0 aliphatic heterocycles. The molecule has 3 aromatic rings. The van der Waals surface area contributed by atoms with Crippen LogP contribution in [0.2, 0.25) is 5.02 Å². The van der Waals surface area contributed by atoms with Crippen molar-refractivity contribution in [2.24, 2.45) is 0 Å². The number of nitrogens with one attached hydrogen (secondary N) is 3. The highest BCUT2D eigenvalue weighted by Gasteiger charge is 2.13. The van der Waals surface area contributed by atoms with Crippen LogP contribution in [0.5, 0.6) is 0 Å². The van der Waals surface area contributed by atoms with Crippen molar-refractivity contribution in [3.63, 3.8) is 0 Å². The molecular weight excluding hydrogens is 406 g/mol. The Balaban J connectivity index is 1.63. The minimum atomic E-state index is -0.370. The summed E-state index contributed by atoms with van der Waals surface area (Å²) in [6.07, 6.45) is 0. The van der Waals surface area contributed by atoms with E-state index >= 15 is 0 Å². The number of hydrogen-bond acceptors (Lipinski definition) is 3. The van der Waals surface area contributed by atoms with E-state index in [4.69, 9.17) is 23.8 Å². The molecule has 2 amide bonds. The smallest absolute Gasteiger partial charge is 0.257 e. The summed E-state index contributed by atoms with van der Waals surface area (Å²) in [5.74, 6) is -0.617. The lowest BCUT2D eigenvalue weighted by molar-refractivity contribution is 0.0950. The number of carbonyl (C=O) groups excluding carboxylic acids is 2. The Kier molecular flexibility index (Phi) is 6.94. The van der Waals surface area contributed by atoms with E-state index in [9.17, 15) is 9.59 Å². The third-order valence-corrected chi connectivity index (χ3v) is 4.51. The quantitative estimate of drug-likeness (QED) is 0.532. The van der Waals surface area contributed by atoms with Crippen LogP contribution in [0.3, 0.4) is 0 Å². The first kappa shape index (κ1) is 20.5. The van der Waals surface area contributed by atoms with Crippen molar-refractivity contribution in [1.29, 1.82) is 0 Å². The summed E-state index contributed by atoms with van der Waals surface area (Å²) in [7, 11) is 0. The van der Waals surface area contributed by atoms with E-state index in [1.807, 2.05) is 30.3 Å². The second-order valence-electron chi connectivity index (χ2n) is 6.13. The highest BCUT2D eigenvalue weighted by molar-refractivity contribution is 7.80. The summed E-state index contributed by atoms with van der Waals surface area (Å²) in [4.78, 5) is 24.9. The van der Waals surface area contributed by atoms with Gasteiger partial charge in [-0.05, 0) is 54.2 Å². The molecular formula is C22H18ClN3O2S. The molecule has 0 fully saturated rings. The van der Waals surface area contributed by atoms with Crippen LogP contribution in [0.1, 0.15) is 26.3 Å². The SMILES string of the molecule is O=C(NC(=S)Nc1ccccc1C(=O)NCc1ccccc1)c1ccc(Cl)cc1. The number of para-hydroxylation sites is 1.